The number of nitrogens with zero attached hydrogens (tertiary/aromatic N) is 3. The molecule has 1 N–H and O–H groups in total. The SMILES string of the molecule is CCCOc1ccccc1C1C(C(=O)OC2CCCCC2)=C(C)Nc2nc(SCc3ccccc3F)nn21. The molecular formula is C29H33FN4O3S. The van der Waals surface area contributed by atoms with Gasteiger partial charge in [0.25, 0.3) is 0 Å². The molecule has 1 unspecified atom stereocenters. The molecule has 2 aromatic carbocycles. The predicted molar refractivity (Wildman–Crippen MR) is 146 cm³/mol. The maximum Gasteiger partial charge on any atom is 0.338 e. The third kappa shape index (κ3) is 5.72. The number of fused-ring (bicyclic) bond motifs is 1. The van der Waals surface area contributed by atoms with Crippen molar-refractivity contribution in [3.63, 3.8) is 0 Å². The first-order valence-electron chi connectivity index (χ1n) is 13.3. The second-order valence-corrected chi connectivity index (χ2v) is 10.6. The summed E-state index contributed by atoms with van der Waals surface area (Å²) >= 11 is 1.35. The summed E-state index contributed by atoms with van der Waals surface area (Å²) in [4.78, 5) is 18.4. The summed E-state index contributed by atoms with van der Waals surface area (Å²) in [5.74, 6) is 0.994. The number of carbonyl (C=O) groups is 1. The highest BCUT2D eigenvalue weighted by molar-refractivity contribution is 7.98. The van der Waals surface area contributed by atoms with E-state index in [-0.39, 0.29) is 17.9 Å². The maximum absolute atomic E-state index is 14.2. The van der Waals surface area contributed by atoms with E-state index in [2.05, 4.69) is 17.2 Å². The molecular weight excluding hydrogens is 503 g/mol. The van der Waals surface area contributed by atoms with Gasteiger partial charge in [0.1, 0.15) is 23.7 Å². The monoisotopic (exact) mass is 536 g/mol. The highest BCUT2D eigenvalue weighted by atomic mass is 32.2. The van der Waals surface area contributed by atoms with Gasteiger partial charge in [-0.15, -0.1) is 5.10 Å². The molecule has 0 amide bonds. The fourth-order valence-electron chi connectivity index (χ4n) is 4.95. The molecule has 2 heterocycles. The molecule has 0 spiro atoms. The van der Waals surface area contributed by atoms with Crippen LogP contribution >= 0.6 is 11.8 Å². The van der Waals surface area contributed by atoms with Crippen LogP contribution in [0.5, 0.6) is 5.75 Å². The van der Waals surface area contributed by atoms with Crippen molar-refractivity contribution < 1.29 is 18.7 Å². The van der Waals surface area contributed by atoms with Crippen LogP contribution in [0.15, 0.2) is 65.0 Å². The van der Waals surface area contributed by atoms with Crippen LogP contribution in [0.4, 0.5) is 10.3 Å². The number of thioether (sulfide) groups is 1. The molecule has 0 saturated heterocycles. The highest BCUT2D eigenvalue weighted by Gasteiger charge is 2.37. The van der Waals surface area contributed by atoms with Gasteiger partial charge in [0.05, 0.1) is 12.2 Å². The van der Waals surface area contributed by atoms with Gasteiger partial charge in [0, 0.05) is 17.0 Å². The van der Waals surface area contributed by atoms with E-state index in [9.17, 15) is 9.18 Å². The largest absolute Gasteiger partial charge is 0.493 e. The number of esters is 1. The number of benzene rings is 2. The Morgan fingerprint density at radius 1 is 1.13 bits per heavy atom. The summed E-state index contributed by atoms with van der Waals surface area (Å²) in [5.41, 5.74) is 2.56. The maximum atomic E-state index is 14.2. The Balaban J connectivity index is 1.50. The Kier molecular flexibility index (Phi) is 8.32. The fraction of sp³-hybridized carbons (Fsp3) is 0.414. The number of hydrogen-bond donors (Lipinski definition) is 1. The summed E-state index contributed by atoms with van der Waals surface area (Å²) in [6, 6.07) is 13.8. The Hall–Kier alpha value is -3.33. The summed E-state index contributed by atoms with van der Waals surface area (Å²) in [6.45, 7) is 4.48. The fourth-order valence-corrected chi connectivity index (χ4v) is 5.77. The first-order valence-corrected chi connectivity index (χ1v) is 14.3. The molecule has 1 aliphatic heterocycles. The number of ether oxygens (including phenoxy) is 2. The van der Waals surface area contributed by atoms with Crippen LogP contribution in [0.25, 0.3) is 0 Å². The summed E-state index contributed by atoms with van der Waals surface area (Å²) in [6.07, 6.45) is 5.88. The van der Waals surface area contributed by atoms with Gasteiger partial charge in [-0.2, -0.15) is 4.98 Å². The number of anilines is 1. The van der Waals surface area contributed by atoms with Crippen LogP contribution < -0.4 is 10.1 Å². The lowest BCUT2D eigenvalue weighted by Crippen LogP contribution is -2.32. The third-order valence-corrected chi connectivity index (χ3v) is 7.76. The van der Waals surface area contributed by atoms with Crippen LogP contribution in [-0.4, -0.2) is 33.4 Å². The number of halogens is 1. The van der Waals surface area contributed by atoms with Crippen LogP contribution in [0, 0.1) is 5.82 Å². The Bertz CT molecular complexity index is 1320. The minimum atomic E-state index is -0.578. The molecule has 0 radical (unpaired) electrons. The highest BCUT2D eigenvalue weighted by Crippen LogP contribution is 2.41. The molecule has 38 heavy (non-hydrogen) atoms. The first-order chi connectivity index (χ1) is 18.5. The normalized spacial score (nSPS) is 17.6. The van der Waals surface area contributed by atoms with Gasteiger partial charge >= 0.3 is 5.97 Å². The van der Waals surface area contributed by atoms with Crippen molar-refractivity contribution in [1.29, 1.82) is 0 Å². The molecule has 1 saturated carbocycles. The number of rotatable bonds is 9. The summed E-state index contributed by atoms with van der Waals surface area (Å²) in [7, 11) is 0. The smallest absolute Gasteiger partial charge is 0.338 e. The number of nitrogens with one attached hydrogen (secondary N) is 1. The van der Waals surface area contributed by atoms with Crippen LogP contribution in [0.1, 0.15) is 69.5 Å². The van der Waals surface area contributed by atoms with E-state index < -0.39 is 6.04 Å². The van der Waals surface area contributed by atoms with Crippen LogP contribution in [-0.2, 0) is 15.3 Å². The van der Waals surface area contributed by atoms with Gasteiger partial charge in [-0.25, -0.2) is 13.9 Å². The van der Waals surface area contributed by atoms with Crippen molar-refractivity contribution in [3.05, 3.63) is 76.7 Å². The van der Waals surface area contributed by atoms with E-state index in [1.165, 1.54) is 24.2 Å². The van der Waals surface area contributed by atoms with E-state index in [0.717, 1.165) is 37.7 Å². The van der Waals surface area contributed by atoms with E-state index in [1.54, 1.807) is 16.8 Å². The summed E-state index contributed by atoms with van der Waals surface area (Å²) in [5, 5.41) is 8.52. The lowest BCUT2D eigenvalue weighted by molar-refractivity contribution is -0.146. The molecule has 3 aromatic rings. The number of para-hydroxylation sites is 1. The molecule has 9 heteroatoms. The number of hydrogen-bond acceptors (Lipinski definition) is 7. The van der Waals surface area contributed by atoms with Gasteiger partial charge < -0.3 is 14.8 Å². The third-order valence-electron chi connectivity index (χ3n) is 6.87. The van der Waals surface area contributed by atoms with Crippen molar-refractivity contribution in [2.45, 2.75) is 75.4 Å². The van der Waals surface area contributed by atoms with E-state index in [4.69, 9.17) is 14.6 Å². The zero-order valence-electron chi connectivity index (χ0n) is 21.8. The molecule has 7 nitrogen and oxygen atoms in total. The number of allylic oxidation sites excluding steroid dienone is 1. The zero-order valence-corrected chi connectivity index (χ0v) is 22.6. The molecule has 0 bridgehead atoms. The van der Waals surface area contributed by atoms with Gasteiger partial charge in [-0.1, -0.05) is 61.5 Å². The molecule has 1 aliphatic carbocycles. The minimum absolute atomic E-state index is 0.0761. The van der Waals surface area contributed by atoms with Crippen molar-refractivity contribution in [2.75, 3.05) is 11.9 Å². The number of carbonyl (C=O) groups excluding carboxylic acids is 1. The van der Waals surface area contributed by atoms with E-state index >= 15 is 0 Å². The molecule has 1 aromatic heterocycles. The average molecular weight is 537 g/mol. The van der Waals surface area contributed by atoms with Gasteiger partial charge in [-0.3, -0.25) is 0 Å². The average Bonchev–Trinajstić information content (AvgIpc) is 3.33. The standard InChI is InChI=1S/C29H33FN4O3S/c1-3-17-36-24-16-10-8-14-22(24)26-25(27(35)37-21-12-5-4-6-13-21)19(2)31-28-32-29(33-34(26)28)38-18-20-11-7-9-15-23(20)30/h7-11,14-16,21,26H,3-6,12-13,17-18H2,1-2H3,(H,31,32,33). The Labute approximate surface area is 226 Å². The van der Waals surface area contributed by atoms with Gasteiger partial charge in [-0.05, 0) is 56.7 Å². The molecule has 1 atom stereocenters. The molecule has 200 valence electrons. The molecule has 5 rings (SSSR count). The van der Waals surface area contributed by atoms with Crippen molar-refractivity contribution in [2.24, 2.45) is 0 Å². The lowest BCUT2D eigenvalue weighted by Gasteiger charge is -2.30. The quantitative estimate of drug-likeness (QED) is 0.242. The van der Waals surface area contributed by atoms with Crippen LogP contribution in [0.3, 0.4) is 0 Å². The number of aromatic nitrogens is 3. The predicted octanol–water partition coefficient (Wildman–Crippen LogP) is 6.66. The second-order valence-electron chi connectivity index (χ2n) is 9.66. The molecule has 1 fully saturated rings. The lowest BCUT2D eigenvalue weighted by atomic mass is 9.94. The van der Waals surface area contributed by atoms with Crippen molar-refractivity contribution in [1.82, 2.24) is 14.8 Å². The molecule has 2 aliphatic rings. The minimum Gasteiger partial charge on any atom is -0.493 e. The van der Waals surface area contributed by atoms with E-state index in [0.29, 0.717) is 46.0 Å². The van der Waals surface area contributed by atoms with Gasteiger partial charge in [0.15, 0.2) is 0 Å². The second kappa shape index (κ2) is 12.0. The van der Waals surface area contributed by atoms with Crippen molar-refractivity contribution >= 4 is 23.7 Å². The van der Waals surface area contributed by atoms with E-state index in [1.807, 2.05) is 37.3 Å². The zero-order chi connectivity index (χ0) is 26.5. The Morgan fingerprint density at radius 3 is 2.68 bits per heavy atom. The van der Waals surface area contributed by atoms with Crippen LogP contribution in [0.2, 0.25) is 0 Å². The topological polar surface area (TPSA) is 78.3 Å². The van der Waals surface area contributed by atoms with Gasteiger partial charge in [0.2, 0.25) is 11.1 Å². The Morgan fingerprint density at radius 2 is 1.89 bits per heavy atom. The summed E-state index contributed by atoms with van der Waals surface area (Å²) < 4.78 is 28.0. The van der Waals surface area contributed by atoms with Crippen molar-refractivity contribution in [3.8, 4) is 5.75 Å². The first kappa shape index (κ1) is 26.3.